The molecule has 0 radical (unpaired) electrons. The van der Waals surface area contributed by atoms with Gasteiger partial charge in [-0.1, -0.05) is 0 Å². The lowest BCUT2D eigenvalue weighted by Gasteiger charge is -2.22. The molecule has 236 valence electrons. The zero-order valence-corrected chi connectivity index (χ0v) is 25.1. The van der Waals surface area contributed by atoms with E-state index in [1.165, 1.54) is 29.9 Å². The molecule has 6 heterocycles. The van der Waals surface area contributed by atoms with Crippen LogP contribution in [0.25, 0.3) is 22.3 Å². The zero-order chi connectivity index (χ0) is 31.0. The smallest absolute Gasteiger partial charge is 0.382 e. The number of nitrogens with two attached hydrogens (primary N) is 2. The minimum absolute atomic E-state index is 0.0163. The molecule has 0 aromatic carbocycles. The number of phosphoric acid groups is 1. The van der Waals surface area contributed by atoms with Gasteiger partial charge in [0.05, 0.1) is 25.4 Å². The van der Waals surface area contributed by atoms with Gasteiger partial charge in [-0.2, -0.15) is 0 Å². The molecule has 2 fully saturated rings. The predicted molar refractivity (Wildman–Crippen MR) is 148 cm³/mol. The van der Waals surface area contributed by atoms with Crippen molar-refractivity contribution >= 4 is 59.1 Å². The summed E-state index contributed by atoms with van der Waals surface area (Å²) in [6, 6.07) is 0. The fraction of sp³-hybridized carbons (Fsp3) is 0.500. The van der Waals surface area contributed by atoms with Gasteiger partial charge in [0.15, 0.2) is 32.0 Å². The van der Waals surface area contributed by atoms with Crippen LogP contribution in [0.1, 0.15) is 25.3 Å². The summed E-state index contributed by atoms with van der Waals surface area (Å²) in [5.41, 5.74) is 13.1. The average Bonchev–Trinajstić information content (AvgIpc) is 3.76. The molecule has 3 unspecified atom stereocenters. The fourth-order valence-corrected chi connectivity index (χ4v) is 6.63. The fourth-order valence-electron chi connectivity index (χ4n) is 5.01. The Morgan fingerprint density at radius 2 is 1.48 bits per heavy atom. The number of hydrogen-bond acceptors (Lipinski definition) is 17. The van der Waals surface area contributed by atoms with E-state index in [4.69, 9.17) is 43.9 Å². The number of phosphoric ester groups is 1. The second-order valence-electron chi connectivity index (χ2n) is 9.59. The normalized spacial score (nSPS) is 27.6. The van der Waals surface area contributed by atoms with Crippen molar-refractivity contribution in [1.29, 1.82) is 0 Å². The van der Waals surface area contributed by atoms with Gasteiger partial charge in [0.25, 0.3) is 0 Å². The number of ether oxygens (including phenoxy) is 2. The van der Waals surface area contributed by atoms with Gasteiger partial charge in [-0.05, 0) is 0 Å². The van der Waals surface area contributed by atoms with Crippen LogP contribution in [-0.2, 0) is 36.7 Å². The molecule has 2 saturated heterocycles. The van der Waals surface area contributed by atoms with Crippen LogP contribution in [0.5, 0.6) is 0 Å². The Bertz CT molecular complexity index is 1710. The maximum absolute atomic E-state index is 13.1. The van der Waals surface area contributed by atoms with Gasteiger partial charge in [0.1, 0.15) is 61.1 Å². The van der Waals surface area contributed by atoms with Gasteiger partial charge < -0.3 is 35.3 Å². The van der Waals surface area contributed by atoms with Crippen molar-refractivity contribution in [2.75, 3.05) is 24.7 Å². The second kappa shape index (κ2) is 12.8. The first-order valence-corrected chi connectivity index (χ1v) is 16.3. The Kier molecular flexibility index (Phi) is 9.07. The van der Waals surface area contributed by atoms with Crippen molar-refractivity contribution in [3.63, 3.8) is 0 Å². The molecule has 0 aliphatic carbocycles. The van der Waals surface area contributed by atoms with E-state index in [1.807, 2.05) is 0 Å². The van der Waals surface area contributed by atoms with Crippen molar-refractivity contribution in [3.8, 4) is 0 Å². The SMILES string of the molecule is Nc1ncnc2c1ncn2[C@H]1C[C@H](OPO)[C@@H](COP(=O)(O)O[C@H]2C[C@H](n3cnc4c(N)ncnc43)O[C@@H]2CO[P+](=O)O)O1. The van der Waals surface area contributed by atoms with Gasteiger partial charge in [-0.3, -0.25) is 18.2 Å². The lowest BCUT2D eigenvalue weighted by atomic mass is 10.2. The number of aromatic nitrogens is 8. The molecule has 44 heavy (non-hydrogen) atoms. The standard InChI is InChI=1S/C20H25N10O11P3/c21-17-15-19(25-5-23-17)29(7-27-15)13-1-9(40-42-31)12(39-13)4-37-44(34,35)41-10-2-14(38-11(10)3-36-43(32)33)30-8-28-16-18(22)24-6-26-20(16)30/h5-14,31,42H,1-4H2,(H5-,21,22,23,24,25,26,32,33,34,35)/p+1/t9-,10-,11+,12+,13+,14+/m0/s1. The highest BCUT2D eigenvalue weighted by atomic mass is 31.2. The molecular formula is C20H26N10O11P3+. The summed E-state index contributed by atoms with van der Waals surface area (Å²) < 4.78 is 60.3. The first-order valence-electron chi connectivity index (χ1n) is 12.8. The van der Waals surface area contributed by atoms with E-state index < -0.39 is 75.2 Å². The van der Waals surface area contributed by atoms with E-state index in [0.717, 1.165) is 0 Å². The highest BCUT2D eigenvalue weighted by Crippen LogP contribution is 2.50. The first-order chi connectivity index (χ1) is 21.1. The summed E-state index contributed by atoms with van der Waals surface area (Å²) >= 11 is 0. The molecule has 9 atom stereocenters. The van der Waals surface area contributed by atoms with Crippen LogP contribution in [0.15, 0.2) is 25.3 Å². The topological polar surface area (TPSA) is 289 Å². The number of rotatable bonds is 12. The molecule has 6 rings (SSSR count). The van der Waals surface area contributed by atoms with E-state index in [2.05, 4.69) is 29.9 Å². The number of nitrogens with zero attached hydrogens (tertiary/aromatic N) is 8. The minimum atomic E-state index is -4.80. The summed E-state index contributed by atoms with van der Waals surface area (Å²) in [4.78, 5) is 53.8. The maximum atomic E-state index is 13.1. The van der Waals surface area contributed by atoms with Crippen LogP contribution >= 0.6 is 25.1 Å². The Balaban J connectivity index is 1.14. The molecule has 0 saturated carbocycles. The summed E-state index contributed by atoms with van der Waals surface area (Å²) in [6.07, 6.45) is 0.253. The number of imidazole rings is 2. The monoisotopic (exact) mass is 675 g/mol. The summed E-state index contributed by atoms with van der Waals surface area (Å²) in [5, 5.41) is 0. The molecular weight excluding hydrogens is 649 g/mol. The molecule has 4 aromatic rings. The van der Waals surface area contributed by atoms with Crippen molar-refractivity contribution in [2.24, 2.45) is 0 Å². The van der Waals surface area contributed by atoms with Crippen LogP contribution in [0.3, 0.4) is 0 Å². The third-order valence-electron chi connectivity index (χ3n) is 6.98. The van der Waals surface area contributed by atoms with Gasteiger partial charge in [-0.15, -0.1) is 9.42 Å². The highest BCUT2D eigenvalue weighted by molar-refractivity contribution is 7.47. The molecule has 7 N–H and O–H groups in total. The van der Waals surface area contributed by atoms with Crippen molar-refractivity contribution in [1.82, 2.24) is 39.0 Å². The van der Waals surface area contributed by atoms with Gasteiger partial charge in [0, 0.05) is 17.4 Å². The van der Waals surface area contributed by atoms with E-state index >= 15 is 0 Å². The third-order valence-corrected chi connectivity index (χ3v) is 8.77. The van der Waals surface area contributed by atoms with Crippen molar-refractivity contribution in [3.05, 3.63) is 25.3 Å². The van der Waals surface area contributed by atoms with Crippen LogP contribution in [0.2, 0.25) is 0 Å². The van der Waals surface area contributed by atoms with Crippen LogP contribution in [0.4, 0.5) is 11.6 Å². The van der Waals surface area contributed by atoms with Gasteiger partial charge >= 0.3 is 16.1 Å². The van der Waals surface area contributed by atoms with Gasteiger partial charge in [0.2, 0.25) is 0 Å². The first kappa shape index (κ1) is 31.1. The number of anilines is 2. The molecule has 0 amide bonds. The number of hydrogen-bond donors (Lipinski definition) is 5. The molecule has 4 aromatic heterocycles. The van der Waals surface area contributed by atoms with Crippen LogP contribution in [-0.4, -0.2) is 91.3 Å². The van der Waals surface area contributed by atoms with E-state index in [-0.39, 0.29) is 24.5 Å². The zero-order valence-electron chi connectivity index (χ0n) is 22.3. The summed E-state index contributed by atoms with van der Waals surface area (Å²) in [7, 11) is -8.68. The Hall–Kier alpha value is -2.90. The van der Waals surface area contributed by atoms with Gasteiger partial charge in [-0.25, -0.2) is 34.5 Å². The van der Waals surface area contributed by atoms with Crippen molar-refractivity contribution < 1.29 is 51.4 Å². The van der Waals surface area contributed by atoms with Crippen LogP contribution < -0.4 is 11.5 Å². The third kappa shape index (κ3) is 6.41. The lowest BCUT2D eigenvalue weighted by molar-refractivity contribution is -0.0509. The van der Waals surface area contributed by atoms with E-state index in [9.17, 15) is 18.9 Å². The summed E-state index contributed by atoms with van der Waals surface area (Å²) in [6.45, 7) is -0.906. The maximum Gasteiger partial charge on any atom is 0.694 e. The molecule has 21 nitrogen and oxygen atoms in total. The molecule has 0 bridgehead atoms. The molecule has 24 heteroatoms. The minimum Gasteiger partial charge on any atom is -0.382 e. The van der Waals surface area contributed by atoms with Crippen LogP contribution in [0, 0.1) is 0 Å². The molecule has 2 aliphatic heterocycles. The average molecular weight is 675 g/mol. The molecule has 0 spiro atoms. The Labute approximate surface area is 249 Å². The number of fused-ring (bicyclic) bond motifs is 2. The number of nitrogen functional groups attached to an aromatic ring is 2. The van der Waals surface area contributed by atoms with E-state index in [1.54, 1.807) is 4.57 Å². The Morgan fingerprint density at radius 1 is 0.932 bits per heavy atom. The quantitative estimate of drug-likeness (QED) is 0.127. The van der Waals surface area contributed by atoms with E-state index in [0.29, 0.717) is 22.3 Å². The highest BCUT2D eigenvalue weighted by Gasteiger charge is 2.45. The van der Waals surface area contributed by atoms with Crippen molar-refractivity contribution in [2.45, 2.75) is 49.7 Å². The Morgan fingerprint density at radius 3 is 2.02 bits per heavy atom. The second-order valence-corrected chi connectivity index (χ2v) is 12.1. The lowest BCUT2D eigenvalue weighted by Crippen LogP contribution is -2.30. The predicted octanol–water partition coefficient (Wildman–Crippen LogP) is 0.460. The largest absolute Gasteiger partial charge is 0.694 e. The molecule has 2 aliphatic rings. The summed E-state index contributed by atoms with van der Waals surface area (Å²) in [5.74, 6) is 0.324.